The normalized spacial score (nSPS) is 23.6. The minimum absolute atomic E-state index is 0.0477. The maximum absolute atomic E-state index is 16.1. The number of fused-ring (bicyclic) bond motifs is 3. The van der Waals surface area contributed by atoms with Crippen molar-refractivity contribution in [3.63, 3.8) is 0 Å². The fraction of sp³-hybridized carbons (Fsp3) is 0.538. The van der Waals surface area contributed by atoms with Gasteiger partial charge < -0.3 is 24.8 Å². The molecule has 2 unspecified atom stereocenters. The van der Waals surface area contributed by atoms with Gasteiger partial charge in [-0.25, -0.2) is 4.39 Å². The van der Waals surface area contributed by atoms with E-state index in [1.807, 2.05) is 11.9 Å². The Kier molecular flexibility index (Phi) is 6.45. The summed E-state index contributed by atoms with van der Waals surface area (Å²) >= 11 is 0. The number of anilines is 1. The first-order chi connectivity index (χ1) is 18.6. The van der Waals surface area contributed by atoms with Crippen molar-refractivity contribution in [1.82, 2.24) is 30.2 Å². The number of pyridine rings is 2. The molecule has 0 saturated carbocycles. The number of nitrogens with one attached hydrogen (secondary N) is 2. The molecule has 6 rings (SSSR count). The largest absolute Gasteiger partial charge is 0.462 e. The van der Waals surface area contributed by atoms with E-state index >= 15 is 4.39 Å². The predicted molar refractivity (Wildman–Crippen MR) is 136 cm³/mol. The van der Waals surface area contributed by atoms with Gasteiger partial charge in [0, 0.05) is 43.5 Å². The van der Waals surface area contributed by atoms with Crippen molar-refractivity contribution < 1.29 is 22.3 Å². The molecule has 13 heteroatoms. The summed E-state index contributed by atoms with van der Waals surface area (Å²) in [4.78, 5) is 31.5. The summed E-state index contributed by atoms with van der Waals surface area (Å²) in [5.74, 6) is -0.649. The molecule has 0 amide bonds. The molecule has 3 fully saturated rings. The van der Waals surface area contributed by atoms with Crippen LogP contribution in [0.2, 0.25) is 0 Å². The quantitative estimate of drug-likeness (QED) is 0.470. The van der Waals surface area contributed by atoms with Crippen molar-refractivity contribution in [1.29, 1.82) is 0 Å². The lowest BCUT2D eigenvalue weighted by atomic mass is 10.0. The minimum Gasteiger partial charge on any atom is -0.462 e. The van der Waals surface area contributed by atoms with Gasteiger partial charge in [0.15, 0.2) is 5.82 Å². The van der Waals surface area contributed by atoms with Gasteiger partial charge in [0.2, 0.25) is 5.56 Å². The molecule has 3 aliphatic rings. The van der Waals surface area contributed by atoms with Crippen molar-refractivity contribution in [2.75, 3.05) is 38.2 Å². The molecule has 3 saturated heterocycles. The van der Waals surface area contributed by atoms with Crippen LogP contribution in [-0.4, -0.2) is 76.3 Å². The average Bonchev–Trinajstić information content (AvgIpc) is 3.44. The molecule has 2 bridgehead atoms. The van der Waals surface area contributed by atoms with Crippen LogP contribution in [0.4, 0.5) is 23.4 Å². The van der Waals surface area contributed by atoms with Crippen molar-refractivity contribution in [3.05, 3.63) is 39.6 Å². The number of H-pyrrole nitrogens is 1. The fourth-order valence-corrected chi connectivity index (χ4v) is 6.06. The lowest BCUT2D eigenvalue weighted by molar-refractivity contribution is -0.137. The molecule has 9 nitrogen and oxygen atoms in total. The van der Waals surface area contributed by atoms with E-state index in [0.29, 0.717) is 25.5 Å². The smallest absolute Gasteiger partial charge is 0.418 e. The van der Waals surface area contributed by atoms with Crippen LogP contribution in [0.3, 0.4) is 0 Å². The lowest BCUT2D eigenvalue weighted by Gasteiger charge is -2.34. The highest BCUT2D eigenvalue weighted by Gasteiger charge is 2.38. The topological polar surface area (TPSA) is 99.3 Å². The van der Waals surface area contributed by atoms with Gasteiger partial charge in [-0.15, -0.1) is 0 Å². The zero-order chi connectivity index (χ0) is 27.5. The van der Waals surface area contributed by atoms with Gasteiger partial charge in [-0.1, -0.05) is 0 Å². The molecule has 6 heterocycles. The number of likely N-dealkylation sites (N-methyl/N-ethyl adjacent to an activating group) is 1. The number of hydrogen-bond donors (Lipinski definition) is 2. The molecule has 0 radical (unpaired) electrons. The first-order valence-electron chi connectivity index (χ1n) is 13.1. The highest BCUT2D eigenvalue weighted by molar-refractivity contribution is 5.92. The highest BCUT2D eigenvalue weighted by atomic mass is 19.4. The maximum atomic E-state index is 16.1. The second-order valence-electron chi connectivity index (χ2n) is 10.7. The number of aryl methyl sites for hydroxylation is 1. The van der Waals surface area contributed by atoms with Crippen LogP contribution in [-0.2, 0) is 6.18 Å². The number of aromatic nitrogens is 4. The molecule has 0 aromatic carbocycles. The van der Waals surface area contributed by atoms with Crippen LogP contribution in [0.15, 0.2) is 17.1 Å². The van der Waals surface area contributed by atoms with Gasteiger partial charge in [-0.3, -0.25) is 9.78 Å². The summed E-state index contributed by atoms with van der Waals surface area (Å²) in [6.07, 6.45) is 0.450. The van der Waals surface area contributed by atoms with E-state index in [9.17, 15) is 18.0 Å². The van der Waals surface area contributed by atoms with Crippen LogP contribution >= 0.6 is 0 Å². The molecule has 3 aromatic rings. The Hall–Kier alpha value is -3.32. The standard InChI is InChI=1S/C26H29F4N7O2/c1-13-8-18(38)33-22(19(13)26(28,29)30)23-20(27)21-17(9-31-23)24(37-10-14-5-6-15(11-37)32-14)35-25(34-21)39-12-16-4-3-7-36(16)2/h8-9,14-16,32H,3-7,10-12H2,1-2H3,(H,33,38)/t14?,15?,16-/m0/s1. The molecule has 3 aliphatic heterocycles. The van der Waals surface area contributed by atoms with Crippen molar-refractivity contribution >= 4 is 16.7 Å². The minimum atomic E-state index is -4.84. The Balaban J connectivity index is 1.49. The van der Waals surface area contributed by atoms with Gasteiger partial charge in [0.1, 0.15) is 23.6 Å². The average molecular weight is 548 g/mol. The molecule has 208 valence electrons. The lowest BCUT2D eigenvalue weighted by Crippen LogP contribution is -2.51. The van der Waals surface area contributed by atoms with E-state index < -0.39 is 34.5 Å². The maximum Gasteiger partial charge on any atom is 0.418 e. The number of likely N-dealkylation sites (tertiary alicyclic amines) is 1. The Bertz CT molecular complexity index is 1470. The van der Waals surface area contributed by atoms with Crippen LogP contribution < -0.4 is 20.5 Å². The number of rotatable bonds is 5. The van der Waals surface area contributed by atoms with Gasteiger partial charge >= 0.3 is 12.2 Å². The molecular weight excluding hydrogens is 518 g/mol. The Morgan fingerprint density at radius 3 is 2.56 bits per heavy atom. The molecule has 2 N–H and O–H groups in total. The summed E-state index contributed by atoms with van der Waals surface area (Å²) in [5, 5.41) is 3.81. The van der Waals surface area contributed by atoms with E-state index in [4.69, 9.17) is 4.74 Å². The first-order valence-corrected chi connectivity index (χ1v) is 13.1. The summed E-state index contributed by atoms with van der Waals surface area (Å²) in [6.45, 7) is 3.68. The fourth-order valence-electron chi connectivity index (χ4n) is 6.06. The van der Waals surface area contributed by atoms with E-state index in [-0.39, 0.29) is 40.6 Å². The summed E-state index contributed by atoms with van der Waals surface area (Å²) in [7, 11) is 2.00. The monoisotopic (exact) mass is 547 g/mol. The third kappa shape index (κ3) is 4.82. The van der Waals surface area contributed by atoms with Gasteiger partial charge in [0.05, 0.1) is 16.6 Å². The number of piperazine rings is 1. The van der Waals surface area contributed by atoms with Crippen LogP contribution in [0, 0.1) is 12.7 Å². The molecule has 39 heavy (non-hydrogen) atoms. The molecule has 3 atom stereocenters. The second kappa shape index (κ2) is 9.70. The van der Waals surface area contributed by atoms with Gasteiger partial charge in [-0.05, 0) is 51.8 Å². The van der Waals surface area contributed by atoms with Crippen molar-refractivity contribution in [2.45, 2.75) is 56.9 Å². The summed E-state index contributed by atoms with van der Waals surface area (Å²) < 4.78 is 64.0. The molecule has 0 aliphatic carbocycles. The number of halogens is 4. The molecule has 0 spiro atoms. The van der Waals surface area contributed by atoms with Crippen LogP contribution in [0.1, 0.15) is 36.8 Å². The zero-order valence-electron chi connectivity index (χ0n) is 21.6. The van der Waals surface area contributed by atoms with Crippen LogP contribution in [0.25, 0.3) is 22.3 Å². The SMILES string of the molecule is Cc1cc(=O)[nH]c(-c2ncc3c(N4CC5CCC(C4)N5)nc(OC[C@@H]4CCCN4C)nc3c2F)c1C(F)(F)F. The van der Waals surface area contributed by atoms with E-state index in [2.05, 4.69) is 30.2 Å². The Morgan fingerprint density at radius 2 is 1.90 bits per heavy atom. The number of nitrogens with zero attached hydrogens (tertiary/aromatic N) is 5. The molecular formula is C26H29F4N7O2. The third-order valence-corrected chi connectivity index (χ3v) is 8.00. The molecule has 3 aromatic heterocycles. The summed E-state index contributed by atoms with van der Waals surface area (Å²) in [5.41, 5.74) is -3.85. The Labute approximate surface area is 221 Å². The number of hydrogen-bond acceptors (Lipinski definition) is 8. The van der Waals surface area contributed by atoms with E-state index in [1.165, 1.54) is 6.20 Å². The van der Waals surface area contributed by atoms with Crippen molar-refractivity contribution in [2.24, 2.45) is 0 Å². The predicted octanol–water partition coefficient (Wildman–Crippen LogP) is 3.26. The number of aromatic amines is 1. The van der Waals surface area contributed by atoms with Gasteiger partial charge in [-0.2, -0.15) is 23.1 Å². The summed E-state index contributed by atoms with van der Waals surface area (Å²) in [6, 6.07) is 1.46. The number of alkyl halides is 3. The first kappa shape index (κ1) is 25.9. The van der Waals surface area contributed by atoms with E-state index in [1.54, 1.807) is 0 Å². The van der Waals surface area contributed by atoms with Crippen molar-refractivity contribution in [3.8, 4) is 17.4 Å². The second-order valence-corrected chi connectivity index (χ2v) is 10.7. The third-order valence-electron chi connectivity index (χ3n) is 8.00. The zero-order valence-corrected chi connectivity index (χ0v) is 21.6. The van der Waals surface area contributed by atoms with Gasteiger partial charge in [0.25, 0.3) is 0 Å². The van der Waals surface area contributed by atoms with Crippen LogP contribution in [0.5, 0.6) is 6.01 Å². The highest BCUT2D eigenvalue weighted by Crippen LogP contribution is 2.39. The Morgan fingerprint density at radius 1 is 1.15 bits per heavy atom. The number of ether oxygens (including phenoxy) is 1. The van der Waals surface area contributed by atoms with E-state index in [0.717, 1.165) is 45.2 Å².